The summed E-state index contributed by atoms with van der Waals surface area (Å²) in [5.41, 5.74) is 7.73. The molecule has 2 rings (SSSR count). The van der Waals surface area contributed by atoms with Crippen molar-refractivity contribution in [3.63, 3.8) is 0 Å². The van der Waals surface area contributed by atoms with Crippen LogP contribution in [0.4, 0.5) is 0 Å². The molecule has 1 aromatic rings. The Morgan fingerprint density at radius 1 is 1.56 bits per heavy atom. The predicted octanol–water partition coefficient (Wildman–Crippen LogP) is 1.71. The Balaban J connectivity index is 2.41. The molecular formula is C12H13ClN4O. The van der Waals surface area contributed by atoms with Gasteiger partial charge in [0.1, 0.15) is 6.17 Å². The van der Waals surface area contributed by atoms with E-state index >= 15 is 0 Å². The van der Waals surface area contributed by atoms with Gasteiger partial charge in [-0.25, -0.2) is 0 Å². The molecule has 4 N–H and O–H groups in total. The Kier molecular flexibility index (Phi) is 3.53. The van der Waals surface area contributed by atoms with E-state index in [0.717, 1.165) is 11.3 Å². The van der Waals surface area contributed by atoms with Crippen molar-refractivity contribution in [3.05, 3.63) is 46.6 Å². The number of halogens is 1. The van der Waals surface area contributed by atoms with Gasteiger partial charge in [-0.05, 0) is 25.1 Å². The van der Waals surface area contributed by atoms with E-state index in [0.29, 0.717) is 10.7 Å². The average molecular weight is 265 g/mol. The van der Waals surface area contributed by atoms with E-state index in [9.17, 15) is 0 Å². The third kappa shape index (κ3) is 2.62. The van der Waals surface area contributed by atoms with Crippen LogP contribution < -0.4 is 11.1 Å². The number of allylic oxidation sites excluding steroid dienone is 1. The van der Waals surface area contributed by atoms with E-state index in [4.69, 9.17) is 22.5 Å². The van der Waals surface area contributed by atoms with Gasteiger partial charge in [0.2, 0.25) is 0 Å². The predicted molar refractivity (Wildman–Crippen MR) is 72.1 cm³/mol. The molecule has 0 radical (unpaired) electrons. The summed E-state index contributed by atoms with van der Waals surface area (Å²) in [6.45, 7) is 1.88. The molecule has 0 saturated heterocycles. The van der Waals surface area contributed by atoms with Crippen LogP contribution in [-0.4, -0.2) is 22.9 Å². The van der Waals surface area contributed by atoms with E-state index < -0.39 is 0 Å². The second kappa shape index (κ2) is 5.10. The minimum atomic E-state index is -0.153. The number of benzene rings is 1. The zero-order valence-corrected chi connectivity index (χ0v) is 10.5. The Morgan fingerprint density at radius 3 is 3.00 bits per heavy atom. The topological polar surface area (TPSA) is 83.0 Å². The van der Waals surface area contributed by atoms with Gasteiger partial charge in [0.15, 0.2) is 5.84 Å². The third-order valence-electron chi connectivity index (χ3n) is 2.48. The summed E-state index contributed by atoms with van der Waals surface area (Å²) in [6.07, 6.45) is 1.57. The van der Waals surface area contributed by atoms with Crippen LogP contribution in [0.3, 0.4) is 0 Å². The van der Waals surface area contributed by atoms with Crippen LogP contribution in [0.2, 0.25) is 5.02 Å². The number of oxime groups is 1. The summed E-state index contributed by atoms with van der Waals surface area (Å²) in [6, 6.07) is 7.37. The molecule has 0 saturated carbocycles. The molecule has 0 fully saturated rings. The molecule has 1 aliphatic rings. The Hall–Kier alpha value is -2.01. The maximum atomic E-state index is 8.70. The fourth-order valence-electron chi connectivity index (χ4n) is 1.69. The smallest absolute Gasteiger partial charge is 0.186 e. The van der Waals surface area contributed by atoms with Crippen molar-refractivity contribution < 1.29 is 5.21 Å². The van der Waals surface area contributed by atoms with Crippen molar-refractivity contribution in [2.45, 2.75) is 13.1 Å². The van der Waals surface area contributed by atoms with Gasteiger partial charge >= 0.3 is 0 Å². The maximum absolute atomic E-state index is 8.70. The molecule has 0 amide bonds. The highest BCUT2D eigenvalue weighted by molar-refractivity contribution is 6.31. The van der Waals surface area contributed by atoms with Gasteiger partial charge in [0, 0.05) is 10.6 Å². The Morgan fingerprint density at radius 2 is 2.33 bits per heavy atom. The van der Waals surface area contributed by atoms with Crippen molar-refractivity contribution in [1.29, 1.82) is 0 Å². The van der Waals surface area contributed by atoms with Crippen molar-refractivity contribution in [2.24, 2.45) is 15.9 Å². The van der Waals surface area contributed by atoms with E-state index in [2.05, 4.69) is 15.5 Å². The molecule has 18 heavy (non-hydrogen) atoms. The van der Waals surface area contributed by atoms with Gasteiger partial charge in [0.25, 0.3) is 0 Å². The van der Waals surface area contributed by atoms with Crippen LogP contribution in [0.15, 0.2) is 46.2 Å². The van der Waals surface area contributed by atoms with Gasteiger partial charge in [-0.1, -0.05) is 28.9 Å². The highest BCUT2D eigenvalue weighted by atomic mass is 35.5. The molecule has 0 aromatic heterocycles. The average Bonchev–Trinajstić information content (AvgIpc) is 2.37. The highest BCUT2D eigenvalue weighted by Gasteiger charge is 2.15. The second-order valence-electron chi connectivity index (χ2n) is 3.89. The first-order chi connectivity index (χ1) is 8.60. The number of amidine groups is 1. The van der Waals surface area contributed by atoms with Crippen LogP contribution in [0, 0.1) is 0 Å². The van der Waals surface area contributed by atoms with Gasteiger partial charge in [-0.3, -0.25) is 4.99 Å². The normalized spacial score (nSPS) is 19.9. The lowest BCUT2D eigenvalue weighted by Gasteiger charge is -2.20. The van der Waals surface area contributed by atoms with Crippen molar-refractivity contribution in [1.82, 2.24) is 5.32 Å². The summed E-state index contributed by atoms with van der Waals surface area (Å²) in [5, 5.41) is 15.3. The number of hydrogen-bond acceptors (Lipinski definition) is 4. The third-order valence-corrected chi connectivity index (χ3v) is 2.72. The lowest BCUT2D eigenvalue weighted by atomic mass is 10.1. The number of nitrogens with zero attached hydrogens (tertiary/aromatic N) is 2. The zero-order chi connectivity index (χ0) is 13.1. The molecule has 6 heteroatoms. The zero-order valence-electron chi connectivity index (χ0n) is 9.76. The SMILES string of the molecule is CC1N=C(c2cccc(Cl)c2)C=C(/C(N)=N/O)N1. The van der Waals surface area contributed by atoms with Crippen LogP contribution in [-0.2, 0) is 0 Å². The number of rotatable bonds is 2. The van der Waals surface area contributed by atoms with Crippen LogP contribution in [0.1, 0.15) is 12.5 Å². The summed E-state index contributed by atoms with van der Waals surface area (Å²) in [5.74, 6) is 0.0243. The first-order valence-corrected chi connectivity index (χ1v) is 5.78. The fourth-order valence-corrected chi connectivity index (χ4v) is 1.88. The number of aliphatic imine (C=N–C) groups is 1. The van der Waals surface area contributed by atoms with E-state index in [1.54, 1.807) is 12.1 Å². The van der Waals surface area contributed by atoms with E-state index in [1.807, 2.05) is 25.1 Å². The summed E-state index contributed by atoms with van der Waals surface area (Å²) >= 11 is 5.95. The molecule has 5 nitrogen and oxygen atoms in total. The molecule has 0 spiro atoms. The highest BCUT2D eigenvalue weighted by Crippen LogP contribution is 2.15. The summed E-state index contributed by atoms with van der Waals surface area (Å²) in [7, 11) is 0. The second-order valence-corrected chi connectivity index (χ2v) is 4.32. The van der Waals surface area contributed by atoms with Crippen molar-refractivity contribution in [2.75, 3.05) is 0 Å². The molecule has 1 heterocycles. The molecular weight excluding hydrogens is 252 g/mol. The molecule has 0 aliphatic carbocycles. The van der Waals surface area contributed by atoms with Gasteiger partial charge < -0.3 is 16.3 Å². The number of hydrogen-bond donors (Lipinski definition) is 3. The molecule has 1 atom stereocenters. The number of nitrogens with two attached hydrogens (primary N) is 1. The largest absolute Gasteiger partial charge is 0.409 e. The molecule has 94 valence electrons. The van der Waals surface area contributed by atoms with Gasteiger partial charge in [-0.15, -0.1) is 0 Å². The van der Waals surface area contributed by atoms with Crippen LogP contribution in [0.25, 0.3) is 0 Å². The lowest BCUT2D eigenvalue weighted by Crippen LogP contribution is -2.36. The molecule has 1 aromatic carbocycles. The number of nitrogens with one attached hydrogen (secondary N) is 1. The Labute approximate surface area is 110 Å². The van der Waals surface area contributed by atoms with E-state index in [1.165, 1.54) is 0 Å². The van der Waals surface area contributed by atoms with Crippen molar-refractivity contribution in [3.8, 4) is 0 Å². The summed E-state index contributed by atoms with van der Waals surface area (Å²) < 4.78 is 0. The van der Waals surface area contributed by atoms with Crippen LogP contribution in [0.5, 0.6) is 0 Å². The molecule has 1 aliphatic heterocycles. The minimum Gasteiger partial charge on any atom is -0.409 e. The summed E-state index contributed by atoms with van der Waals surface area (Å²) in [4.78, 5) is 4.44. The molecule has 0 bridgehead atoms. The molecule has 1 unspecified atom stereocenters. The van der Waals surface area contributed by atoms with E-state index in [-0.39, 0.29) is 12.0 Å². The van der Waals surface area contributed by atoms with Gasteiger partial charge in [0.05, 0.1) is 11.4 Å². The first kappa shape index (κ1) is 12.4. The van der Waals surface area contributed by atoms with Crippen LogP contribution >= 0.6 is 11.6 Å². The Bertz CT molecular complexity index is 551. The van der Waals surface area contributed by atoms with Crippen molar-refractivity contribution >= 4 is 23.1 Å². The fraction of sp³-hybridized carbons (Fsp3) is 0.167. The monoisotopic (exact) mass is 264 g/mol. The van der Waals surface area contributed by atoms with Gasteiger partial charge in [-0.2, -0.15) is 0 Å². The lowest BCUT2D eigenvalue weighted by molar-refractivity contribution is 0.318. The maximum Gasteiger partial charge on any atom is 0.186 e. The first-order valence-electron chi connectivity index (χ1n) is 5.40. The minimum absolute atomic E-state index is 0.0243. The quantitative estimate of drug-likeness (QED) is 0.329. The standard InChI is InChI=1S/C12H13ClN4O/c1-7-15-10(6-11(16-7)12(14)17-18)8-3-2-4-9(13)5-8/h2-7,16,18H,1H3,(H2,14,17).